The Hall–Kier alpha value is -1.51. The standard InChI is InChI=1S/C15H23NO2/c1-10(2)15(17)16-13(5)9-18-14-7-6-11(3)12(4)8-14/h6-8,10,13H,9H2,1-5H3,(H,16,17)/t13-/m1/s1. The first-order valence-corrected chi connectivity index (χ1v) is 6.40. The summed E-state index contributed by atoms with van der Waals surface area (Å²) in [6.07, 6.45) is 0. The molecule has 1 amide bonds. The minimum absolute atomic E-state index is 0.00840. The van der Waals surface area contributed by atoms with E-state index >= 15 is 0 Å². The lowest BCUT2D eigenvalue weighted by atomic mass is 10.1. The van der Waals surface area contributed by atoms with E-state index in [1.807, 2.05) is 39.0 Å². The maximum Gasteiger partial charge on any atom is 0.222 e. The largest absolute Gasteiger partial charge is 0.491 e. The highest BCUT2D eigenvalue weighted by Gasteiger charge is 2.11. The van der Waals surface area contributed by atoms with Crippen molar-refractivity contribution in [1.82, 2.24) is 5.32 Å². The molecule has 100 valence electrons. The van der Waals surface area contributed by atoms with E-state index in [4.69, 9.17) is 4.74 Å². The molecule has 0 bridgehead atoms. The predicted octanol–water partition coefficient (Wildman–Crippen LogP) is 2.84. The molecule has 0 aliphatic rings. The number of aryl methyl sites for hydroxylation is 2. The Morgan fingerprint density at radius 2 is 1.89 bits per heavy atom. The van der Waals surface area contributed by atoms with Gasteiger partial charge in [-0.2, -0.15) is 0 Å². The second kappa shape index (κ2) is 6.43. The molecule has 1 N–H and O–H groups in total. The van der Waals surface area contributed by atoms with Crippen molar-refractivity contribution in [2.75, 3.05) is 6.61 Å². The van der Waals surface area contributed by atoms with Crippen molar-refractivity contribution in [3.8, 4) is 5.75 Å². The summed E-state index contributed by atoms with van der Waals surface area (Å²) >= 11 is 0. The van der Waals surface area contributed by atoms with Crippen LogP contribution < -0.4 is 10.1 Å². The minimum Gasteiger partial charge on any atom is -0.491 e. The number of ether oxygens (including phenoxy) is 1. The van der Waals surface area contributed by atoms with Gasteiger partial charge >= 0.3 is 0 Å². The third-order valence-corrected chi connectivity index (χ3v) is 2.89. The number of hydrogen-bond donors (Lipinski definition) is 1. The molecule has 0 heterocycles. The Morgan fingerprint density at radius 1 is 1.22 bits per heavy atom. The zero-order chi connectivity index (χ0) is 13.7. The van der Waals surface area contributed by atoms with Gasteiger partial charge in [0.1, 0.15) is 12.4 Å². The zero-order valence-corrected chi connectivity index (χ0v) is 11.9. The zero-order valence-electron chi connectivity index (χ0n) is 11.9. The molecule has 0 aromatic heterocycles. The predicted molar refractivity (Wildman–Crippen MR) is 73.9 cm³/mol. The van der Waals surface area contributed by atoms with Gasteiger partial charge in [0.25, 0.3) is 0 Å². The Kier molecular flexibility index (Phi) is 5.20. The van der Waals surface area contributed by atoms with E-state index in [1.165, 1.54) is 11.1 Å². The molecule has 0 fully saturated rings. The van der Waals surface area contributed by atoms with E-state index in [9.17, 15) is 4.79 Å². The fourth-order valence-electron chi connectivity index (χ4n) is 1.48. The number of carbonyl (C=O) groups is 1. The van der Waals surface area contributed by atoms with E-state index in [0.29, 0.717) is 6.61 Å². The van der Waals surface area contributed by atoms with Gasteiger partial charge in [-0.05, 0) is 44.0 Å². The Morgan fingerprint density at radius 3 is 2.44 bits per heavy atom. The number of carbonyl (C=O) groups excluding carboxylic acids is 1. The molecule has 3 nitrogen and oxygen atoms in total. The van der Waals surface area contributed by atoms with Gasteiger partial charge < -0.3 is 10.1 Å². The maximum atomic E-state index is 11.5. The van der Waals surface area contributed by atoms with Gasteiger partial charge in [-0.3, -0.25) is 4.79 Å². The highest BCUT2D eigenvalue weighted by atomic mass is 16.5. The molecule has 3 heteroatoms. The van der Waals surface area contributed by atoms with Crippen molar-refractivity contribution < 1.29 is 9.53 Å². The second-order valence-electron chi connectivity index (χ2n) is 5.12. The van der Waals surface area contributed by atoms with Crippen molar-refractivity contribution in [2.45, 2.75) is 40.7 Å². The normalized spacial score (nSPS) is 12.3. The summed E-state index contributed by atoms with van der Waals surface area (Å²) in [5, 5.41) is 2.91. The molecule has 18 heavy (non-hydrogen) atoms. The summed E-state index contributed by atoms with van der Waals surface area (Å²) in [4.78, 5) is 11.5. The Balaban J connectivity index is 2.45. The number of amides is 1. The van der Waals surface area contributed by atoms with Crippen molar-refractivity contribution >= 4 is 5.91 Å². The van der Waals surface area contributed by atoms with Crippen LogP contribution in [0.3, 0.4) is 0 Å². The van der Waals surface area contributed by atoms with Crippen molar-refractivity contribution in [2.24, 2.45) is 5.92 Å². The van der Waals surface area contributed by atoms with E-state index < -0.39 is 0 Å². The molecular formula is C15H23NO2. The first-order chi connectivity index (χ1) is 8.40. The van der Waals surface area contributed by atoms with Gasteiger partial charge in [-0.15, -0.1) is 0 Å². The monoisotopic (exact) mass is 249 g/mol. The first kappa shape index (κ1) is 14.6. The fourth-order valence-corrected chi connectivity index (χ4v) is 1.48. The van der Waals surface area contributed by atoms with Gasteiger partial charge in [-0.1, -0.05) is 19.9 Å². The minimum atomic E-state index is 0.00840. The average Bonchev–Trinajstić information content (AvgIpc) is 2.30. The molecule has 1 aromatic rings. The topological polar surface area (TPSA) is 38.3 Å². The summed E-state index contributed by atoms with van der Waals surface area (Å²) in [5.74, 6) is 0.920. The van der Waals surface area contributed by atoms with Gasteiger partial charge in [0.05, 0.1) is 6.04 Å². The van der Waals surface area contributed by atoms with Gasteiger partial charge in [0.2, 0.25) is 5.91 Å². The summed E-state index contributed by atoms with van der Waals surface area (Å²) < 4.78 is 5.67. The molecule has 0 saturated carbocycles. The molecule has 0 aliphatic heterocycles. The lowest BCUT2D eigenvalue weighted by molar-refractivity contribution is -0.124. The van der Waals surface area contributed by atoms with Crippen LogP contribution in [-0.4, -0.2) is 18.6 Å². The molecule has 1 rings (SSSR count). The smallest absolute Gasteiger partial charge is 0.222 e. The highest BCUT2D eigenvalue weighted by Crippen LogP contribution is 2.16. The van der Waals surface area contributed by atoms with Crippen LogP contribution in [0.5, 0.6) is 5.75 Å². The van der Waals surface area contributed by atoms with Crippen molar-refractivity contribution in [3.63, 3.8) is 0 Å². The lowest BCUT2D eigenvalue weighted by Crippen LogP contribution is -2.39. The van der Waals surface area contributed by atoms with Gasteiger partial charge in [0.15, 0.2) is 0 Å². The van der Waals surface area contributed by atoms with E-state index in [1.54, 1.807) is 0 Å². The fraction of sp³-hybridized carbons (Fsp3) is 0.533. The van der Waals surface area contributed by atoms with Crippen LogP contribution >= 0.6 is 0 Å². The molecule has 0 saturated heterocycles. The summed E-state index contributed by atoms with van der Waals surface area (Å²) in [6.45, 7) is 10.3. The van der Waals surface area contributed by atoms with Crippen LogP contribution in [0, 0.1) is 19.8 Å². The SMILES string of the molecule is Cc1ccc(OC[C@@H](C)NC(=O)C(C)C)cc1C. The van der Waals surface area contributed by atoms with E-state index in [-0.39, 0.29) is 17.9 Å². The number of benzene rings is 1. The summed E-state index contributed by atoms with van der Waals surface area (Å²) in [5.41, 5.74) is 2.47. The quantitative estimate of drug-likeness (QED) is 0.871. The summed E-state index contributed by atoms with van der Waals surface area (Å²) in [7, 11) is 0. The number of nitrogens with one attached hydrogen (secondary N) is 1. The maximum absolute atomic E-state index is 11.5. The van der Waals surface area contributed by atoms with Crippen LogP contribution in [0.25, 0.3) is 0 Å². The van der Waals surface area contributed by atoms with Crippen molar-refractivity contribution in [1.29, 1.82) is 0 Å². The van der Waals surface area contributed by atoms with E-state index in [0.717, 1.165) is 5.75 Å². The third-order valence-electron chi connectivity index (χ3n) is 2.89. The molecule has 1 aromatic carbocycles. The third kappa shape index (κ3) is 4.40. The van der Waals surface area contributed by atoms with Crippen LogP contribution in [0.1, 0.15) is 31.9 Å². The molecular weight excluding hydrogens is 226 g/mol. The van der Waals surface area contributed by atoms with Crippen molar-refractivity contribution in [3.05, 3.63) is 29.3 Å². The lowest BCUT2D eigenvalue weighted by Gasteiger charge is -2.16. The van der Waals surface area contributed by atoms with Crippen LogP contribution in [0.4, 0.5) is 0 Å². The average molecular weight is 249 g/mol. The Bertz CT molecular complexity index is 413. The van der Waals surface area contributed by atoms with Crippen LogP contribution in [0.2, 0.25) is 0 Å². The van der Waals surface area contributed by atoms with Gasteiger partial charge in [-0.25, -0.2) is 0 Å². The molecule has 0 spiro atoms. The Labute approximate surface area is 110 Å². The molecule has 0 aliphatic carbocycles. The highest BCUT2D eigenvalue weighted by molar-refractivity contribution is 5.78. The second-order valence-corrected chi connectivity index (χ2v) is 5.12. The molecule has 0 unspecified atom stereocenters. The van der Waals surface area contributed by atoms with Crippen LogP contribution in [-0.2, 0) is 4.79 Å². The molecule has 0 radical (unpaired) electrons. The van der Waals surface area contributed by atoms with E-state index in [2.05, 4.69) is 19.2 Å². The van der Waals surface area contributed by atoms with Crippen LogP contribution in [0.15, 0.2) is 18.2 Å². The van der Waals surface area contributed by atoms with Gasteiger partial charge in [0, 0.05) is 5.92 Å². The summed E-state index contributed by atoms with van der Waals surface area (Å²) in [6, 6.07) is 6.04. The number of hydrogen-bond acceptors (Lipinski definition) is 2. The molecule has 1 atom stereocenters. The first-order valence-electron chi connectivity index (χ1n) is 6.40. The number of rotatable bonds is 5.